The quantitative estimate of drug-likeness (QED) is 0.705. The molecule has 1 aliphatic heterocycles. The highest BCUT2D eigenvalue weighted by atomic mass is 16.5. The molecule has 0 amide bonds. The molecule has 4 rings (SSSR count). The van der Waals surface area contributed by atoms with Crippen LogP contribution in [0.2, 0.25) is 0 Å². The fourth-order valence-electron chi connectivity index (χ4n) is 3.56. The summed E-state index contributed by atoms with van der Waals surface area (Å²) < 4.78 is 5.34. The van der Waals surface area contributed by atoms with Gasteiger partial charge in [0.25, 0.3) is 0 Å². The lowest BCUT2D eigenvalue weighted by atomic mass is 10.1. The Morgan fingerprint density at radius 2 is 1.77 bits per heavy atom. The summed E-state index contributed by atoms with van der Waals surface area (Å²) in [4.78, 5) is 9.76. The molecule has 0 bridgehead atoms. The van der Waals surface area contributed by atoms with Gasteiger partial charge in [-0.3, -0.25) is 9.88 Å². The van der Waals surface area contributed by atoms with Crippen LogP contribution < -0.4 is 9.64 Å². The molecule has 1 aliphatic rings. The number of rotatable bonds is 5. The minimum atomic E-state index is 0.923. The highest BCUT2D eigenvalue weighted by Gasteiger charge is 2.17. The summed E-state index contributed by atoms with van der Waals surface area (Å²) >= 11 is 0. The number of pyridine rings is 1. The molecule has 0 saturated carbocycles. The van der Waals surface area contributed by atoms with Crippen molar-refractivity contribution in [2.24, 2.45) is 0 Å². The van der Waals surface area contributed by atoms with E-state index >= 15 is 0 Å². The van der Waals surface area contributed by atoms with Crippen molar-refractivity contribution in [3.63, 3.8) is 0 Å². The van der Waals surface area contributed by atoms with E-state index in [1.54, 1.807) is 7.11 Å². The average Bonchev–Trinajstić information content (AvgIpc) is 2.72. The van der Waals surface area contributed by atoms with Gasteiger partial charge in [-0.15, -0.1) is 0 Å². The van der Waals surface area contributed by atoms with E-state index in [1.165, 1.54) is 16.8 Å². The smallest absolute Gasteiger partial charge is 0.120 e. The molecule has 1 saturated heterocycles. The highest BCUT2D eigenvalue weighted by molar-refractivity contribution is 5.78. The lowest BCUT2D eigenvalue weighted by molar-refractivity contribution is 0.260. The second kappa shape index (κ2) is 7.75. The third-order valence-corrected chi connectivity index (χ3v) is 5.13. The van der Waals surface area contributed by atoms with Crippen LogP contribution in [0.3, 0.4) is 0 Å². The monoisotopic (exact) mass is 347 g/mol. The van der Waals surface area contributed by atoms with Gasteiger partial charge in [0, 0.05) is 62.0 Å². The third-order valence-electron chi connectivity index (χ3n) is 5.13. The summed E-state index contributed by atoms with van der Waals surface area (Å²) in [5.74, 6) is 0.923. The number of nitrogens with zero attached hydrogens (tertiary/aromatic N) is 3. The molecule has 2 heterocycles. The molecule has 4 heteroatoms. The van der Waals surface area contributed by atoms with E-state index in [0.717, 1.165) is 50.4 Å². The zero-order valence-electron chi connectivity index (χ0n) is 15.3. The topological polar surface area (TPSA) is 28.6 Å². The van der Waals surface area contributed by atoms with E-state index in [4.69, 9.17) is 9.72 Å². The van der Waals surface area contributed by atoms with Crippen LogP contribution in [0.25, 0.3) is 10.9 Å². The van der Waals surface area contributed by atoms with Crippen molar-refractivity contribution in [3.8, 4) is 5.75 Å². The molecule has 134 valence electrons. The Morgan fingerprint density at radius 3 is 2.62 bits per heavy atom. The van der Waals surface area contributed by atoms with Crippen LogP contribution in [-0.2, 0) is 6.42 Å². The fraction of sp³-hybridized carbons (Fsp3) is 0.318. The van der Waals surface area contributed by atoms with Gasteiger partial charge in [0.1, 0.15) is 5.75 Å². The number of para-hydroxylation sites is 1. The Hall–Kier alpha value is -2.59. The Morgan fingerprint density at radius 1 is 0.923 bits per heavy atom. The van der Waals surface area contributed by atoms with Crippen LogP contribution in [0.5, 0.6) is 5.75 Å². The molecule has 0 atom stereocenters. The number of hydrogen-bond acceptors (Lipinski definition) is 4. The predicted molar refractivity (Wildman–Crippen MR) is 107 cm³/mol. The fourth-order valence-corrected chi connectivity index (χ4v) is 3.56. The molecule has 2 aromatic carbocycles. The summed E-state index contributed by atoms with van der Waals surface area (Å²) in [5, 5.41) is 1.21. The lowest BCUT2D eigenvalue weighted by Crippen LogP contribution is -2.47. The van der Waals surface area contributed by atoms with E-state index in [1.807, 2.05) is 6.07 Å². The number of piperazine rings is 1. The minimum absolute atomic E-state index is 0.923. The van der Waals surface area contributed by atoms with Crippen LogP contribution in [0.1, 0.15) is 5.69 Å². The number of anilines is 1. The first-order chi connectivity index (χ1) is 12.8. The molecule has 1 fully saturated rings. The number of fused-ring (bicyclic) bond motifs is 1. The highest BCUT2D eigenvalue weighted by Crippen LogP contribution is 2.22. The van der Waals surface area contributed by atoms with Gasteiger partial charge in [-0.05, 0) is 24.3 Å². The van der Waals surface area contributed by atoms with Crippen LogP contribution in [0.4, 0.5) is 5.69 Å². The molecule has 0 N–H and O–H groups in total. The summed E-state index contributed by atoms with van der Waals surface area (Å²) in [6.07, 6.45) is 1.00. The van der Waals surface area contributed by atoms with E-state index in [0.29, 0.717) is 0 Å². The normalized spacial score (nSPS) is 15.3. The summed E-state index contributed by atoms with van der Waals surface area (Å²) in [6.45, 7) is 5.35. The van der Waals surface area contributed by atoms with E-state index in [9.17, 15) is 0 Å². The number of aromatic nitrogens is 1. The molecule has 1 aromatic heterocycles. The summed E-state index contributed by atoms with van der Waals surface area (Å²) in [7, 11) is 1.72. The van der Waals surface area contributed by atoms with Gasteiger partial charge in [-0.2, -0.15) is 0 Å². The number of ether oxygens (including phenoxy) is 1. The van der Waals surface area contributed by atoms with Gasteiger partial charge in [0.05, 0.1) is 12.6 Å². The van der Waals surface area contributed by atoms with Crippen molar-refractivity contribution in [2.45, 2.75) is 6.42 Å². The maximum Gasteiger partial charge on any atom is 0.120 e. The molecule has 4 nitrogen and oxygen atoms in total. The molecule has 0 spiro atoms. The Labute approximate surface area is 155 Å². The van der Waals surface area contributed by atoms with E-state index in [2.05, 4.69) is 64.4 Å². The first-order valence-corrected chi connectivity index (χ1v) is 9.28. The average molecular weight is 347 g/mol. The standard InChI is InChI=1S/C22H25N3O/c1-26-21-7-4-6-20(17-21)25-15-13-24(14-16-25)12-11-19-10-9-18-5-2-3-8-22(18)23-19/h2-10,17H,11-16H2,1H3. The van der Waals surface area contributed by atoms with Crippen molar-refractivity contribution < 1.29 is 4.74 Å². The van der Waals surface area contributed by atoms with Gasteiger partial charge in [-0.25, -0.2) is 0 Å². The minimum Gasteiger partial charge on any atom is -0.497 e. The number of methoxy groups -OCH3 is 1. The maximum atomic E-state index is 5.34. The van der Waals surface area contributed by atoms with Gasteiger partial charge in [-0.1, -0.05) is 30.3 Å². The van der Waals surface area contributed by atoms with Crippen LogP contribution in [-0.4, -0.2) is 49.7 Å². The SMILES string of the molecule is COc1cccc(N2CCN(CCc3ccc4ccccc4n3)CC2)c1. The molecule has 0 unspecified atom stereocenters. The lowest BCUT2D eigenvalue weighted by Gasteiger charge is -2.36. The first-order valence-electron chi connectivity index (χ1n) is 9.28. The van der Waals surface area contributed by atoms with Crippen LogP contribution >= 0.6 is 0 Å². The number of hydrogen-bond donors (Lipinski definition) is 0. The zero-order valence-corrected chi connectivity index (χ0v) is 15.3. The molecule has 26 heavy (non-hydrogen) atoms. The van der Waals surface area contributed by atoms with Gasteiger partial charge in [0.2, 0.25) is 0 Å². The van der Waals surface area contributed by atoms with Crippen molar-refractivity contribution in [1.29, 1.82) is 0 Å². The summed E-state index contributed by atoms with van der Waals surface area (Å²) in [6, 6.07) is 21.0. The Kier molecular flexibility index (Phi) is 5.02. The predicted octanol–water partition coefficient (Wildman–Crippen LogP) is 3.61. The van der Waals surface area contributed by atoms with Gasteiger partial charge in [0.15, 0.2) is 0 Å². The number of benzene rings is 2. The second-order valence-corrected chi connectivity index (χ2v) is 6.78. The molecule has 3 aromatic rings. The largest absolute Gasteiger partial charge is 0.497 e. The van der Waals surface area contributed by atoms with Crippen LogP contribution in [0, 0.1) is 0 Å². The molecule has 0 aliphatic carbocycles. The molecular weight excluding hydrogens is 322 g/mol. The van der Waals surface area contributed by atoms with Gasteiger partial charge >= 0.3 is 0 Å². The van der Waals surface area contributed by atoms with Crippen LogP contribution in [0.15, 0.2) is 60.7 Å². The summed E-state index contributed by atoms with van der Waals surface area (Å²) in [5.41, 5.74) is 3.52. The van der Waals surface area contributed by atoms with Crippen molar-refractivity contribution in [2.75, 3.05) is 44.7 Å². The van der Waals surface area contributed by atoms with E-state index in [-0.39, 0.29) is 0 Å². The molecule has 0 radical (unpaired) electrons. The van der Waals surface area contributed by atoms with Gasteiger partial charge < -0.3 is 9.64 Å². The third kappa shape index (κ3) is 3.81. The van der Waals surface area contributed by atoms with Crippen molar-refractivity contribution in [1.82, 2.24) is 9.88 Å². The van der Waals surface area contributed by atoms with Crippen molar-refractivity contribution >= 4 is 16.6 Å². The van der Waals surface area contributed by atoms with E-state index < -0.39 is 0 Å². The first kappa shape index (κ1) is 16.9. The Bertz CT molecular complexity index is 872. The Balaban J connectivity index is 1.32. The molecular formula is C22H25N3O. The maximum absolute atomic E-state index is 5.34. The second-order valence-electron chi connectivity index (χ2n) is 6.78. The zero-order chi connectivity index (χ0) is 17.8. The van der Waals surface area contributed by atoms with Crippen molar-refractivity contribution in [3.05, 3.63) is 66.4 Å².